The number of nitrogens with two attached hydrogens (primary N) is 4. The molecule has 15 nitrogen and oxygen atoms in total. The van der Waals surface area contributed by atoms with Crippen LogP contribution in [0.4, 0.5) is 0 Å². The fourth-order valence-electron chi connectivity index (χ4n) is 2.93. The van der Waals surface area contributed by atoms with Crippen molar-refractivity contribution in [2.24, 2.45) is 33.8 Å². The van der Waals surface area contributed by atoms with E-state index in [-0.39, 0.29) is 24.8 Å². The van der Waals surface area contributed by atoms with Crippen LogP contribution in [0.5, 0.6) is 0 Å². The molecule has 0 aliphatic rings. The van der Waals surface area contributed by atoms with Crippen LogP contribution in [0.1, 0.15) is 46.0 Å². The van der Waals surface area contributed by atoms with Crippen molar-refractivity contribution in [2.45, 2.75) is 64.1 Å². The van der Waals surface area contributed by atoms with Gasteiger partial charge in [-0.1, -0.05) is 13.8 Å². The minimum Gasteiger partial charge on any atom is -0.480 e. The lowest BCUT2D eigenvalue weighted by molar-refractivity contribution is -0.138. The number of carboxylic acid groups (broad SMARTS) is 1. The van der Waals surface area contributed by atoms with E-state index in [0.717, 1.165) is 0 Å². The standard InChI is InChI=1S/C21H41N9O6/c1-12(2)17(23)20(36)30-14(6-3-4-8-22)19(35)27-10-15(31)29-13(7-5-9-26-21(24)25)18(34)28-11-16(32)33/h12-14,17H,3-11,22-23H2,1-2H3,(H,27,35)(H,28,34)(H,29,31)(H,30,36)(H,32,33)(H4,24,25,26). The first-order valence-corrected chi connectivity index (χ1v) is 11.8. The molecule has 4 amide bonds. The van der Waals surface area contributed by atoms with Crippen molar-refractivity contribution in [1.82, 2.24) is 21.3 Å². The van der Waals surface area contributed by atoms with Crippen LogP contribution in [0.25, 0.3) is 0 Å². The normalized spacial score (nSPS) is 13.1. The van der Waals surface area contributed by atoms with Crippen LogP contribution in [0.15, 0.2) is 4.99 Å². The third-order valence-corrected chi connectivity index (χ3v) is 5.03. The van der Waals surface area contributed by atoms with Gasteiger partial charge in [0.05, 0.1) is 12.6 Å². The first kappa shape index (κ1) is 32.5. The molecule has 0 saturated carbocycles. The van der Waals surface area contributed by atoms with Gasteiger partial charge in [-0.25, -0.2) is 0 Å². The van der Waals surface area contributed by atoms with Crippen LogP contribution in [-0.4, -0.2) is 85.0 Å². The molecule has 0 spiro atoms. The summed E-state index contributed by atoms with van der Waals surface area (Å²) in [6.07, 6.45) is 1.95. The van der Waals surface area contributed by atoms with Gasteiger partial charge in [0.25, 0.3) is 0 Å². The second-order valence-electron chi connectivity index (χ2n) is 8.51. The first-order valence-electron chi connectivity index (χ1n) is 11.8. The second kappa shape index (κ2) is 17.9. The number of guanidine groups is 1. The summed E-state index contributed by atoms with van der Waals surface area (Å²) in [5, 5.41) is 18.5. The number of nitrogens with one attached hydrogen (secondary N) is 4. The number of rotatable bonds is 18. The number of carbonyl (C=O) groups is 5. The Morgan fingerprint density at radius 3 is 1.92 bits per heavy atom. The second-order valence-corrected chi connectivity index (χ2v) is 8.51. The van der Waals surface area contributed by atoms with E-state index < -0.39 is 60.8 Å². The Bertz CT molecular complexity index is 771. The summed E-state index contributed by atoms with van der Waals surface area (Å²) in [4.78, 5) is 64.3. The molecule has 15 heteroatoms. The van der Waals surface area contributed by atoms with Crippen molar-refractivity contribution in [1.29, 1.82) is 0 Å². The van der Waals surface area contributed by atoms with Crippen molar-refractivity contribution in [3.63, 3.8) is 0 Å². The van der Waals surface area contributed by atoms with Crippen LogP contribution in [0.3, 0.4) is 0 Å². The van der Waals surface area contributed by atoms with Gasteiger partial charge in [-0.2, -0.15) is 0 Å². The number of hydrogen-bond donors (Lipinski definition) is 9. The summed E-state index contributed by atoms with van der Waals surface area (Å²) in [5.74, 6) is -4.00. The number of carbonyl (C=O) groups excluding carboxylic acids is 4. The quantitative estimate of drug-likeness (QED) is 0.0492. The molecular weight excluding hydrogens is 474 g/mol. The summed E-state index contributed by atoms with van der Waals surface area (Å²) in [6.45, 7) is 3.06. The van der Waals surface area contributed by atoms with E-state index in [1.807, 2.05) is 0 Å². The smallest absolute Gasteiger partial charge is 0.322 e. The molecule has 0 aliphatic carbocycles. The Morgan fingerprint density at radius 1 is 0.833 bits per heavy atom. The fourth-order valence-corrected chi connectivity index (χ4v) is 2.93. The van der Waals surface area contributed by atoms with Gasteiger partial charge in [0, 0.05) is 6.54 Å². The predicted octanol–water partition coefficient (Wildman–Crippen LogP) is -3.56. The highest BCUT2D eigenvalue weighted by molar-refractivity contribution is 5.93. The van der Waals surface area contributed by atoms with Crippen LogP contribution in [0, 0.1) is 5.92 Å². The third kappa shape index (κ3) is 14.7. The minimum absolute atomic E-state index is 0.118. The molecule has 0 fully saturated rings. The van der Waals surface area contributed by atoms with Gasteiger partial charge in [0.15, 0.2) is 5.96 Å². The van der Waals surface area contributed by atoms with Crippen molar-refractivity contribution in [3.8, 4) is 0 Å². The molecule has 0 aromatic rings. The summed E-state index contributed by atoms with van der Waals surface area (Å²) in [5.41, 5.74) is 21.9. The molecule has 0 radical (unpaired) electrons. The Labute approximate surface area is 210 Å². The molecule has 0 rings (SSSR count). The largest absolute Gasteiger partial charge is 0.480 e. The lowest BCUT2D eigenvalue weighted by Gasteiger charge is -2.22. The molecule has 0 bridgehead atoms. The SMILES string of the molecule is CC(C)C(N)C(=O)NC(CCCCN)C(=O)NCC(=O)NC(CCCN=C(N)N)C(=O)NCC(=O)O. The molecule has 13 N–H and O–H groups in total. The highest BCUT2D eigenvalue weighted by Crippen LogP contribution is 2.04. The Hall–Kier alpha value is -3.46. The van der Waals surface area contributed by atoms with Gasteiger partial charge in [0.2, 0.25) is 23.6 Å². The van der Waals surface area contributed by atoms with Gasteiger partial charge in [-0.3, -0.25) is 29.0 Å². The van der Waals surface area contributed by atoms with Gasteiger partial charge in [-0.15, -0.1) is 0 Å². The van der Waals surface area contributed by atoms with Crippen molar-refractivity contribution < 1.29 is 29.1 Å². The van der Waals surface area contributed by atoms with Gasteiger partial charge in [-0.05, 0) is 44.6 Å². The molecule has 0 saturated heterocycles. The maximum atomic E-state index is 12.7. The Kier molecular flexibility index (Phi) is 16.2. The van der Waals surface area contributed by atoms with Crippen LogP contribution < -0.4 is 44.2 Å². The summed E-state index contributed by atoms with van der Waals surface area (Å²) in [6, 6.07) is -2.80. The van der Waals surface area contributed by atoms with Crippen molar-refractivity contribution in [2.75, 3.05) is 26.2 Å². The Morgan fingerprint density at radius 2 is 1.39 bits per heavy atom. The maximum Gasteiger partial charge on any atom is 0.322 e. The predicted molar refractivity (Wildman–Crippen MR) is 133 cm³/mol. The molecule has 0 aliphatic heterocycles. The third-order valence-electron chi connectivity index (χ3n) is 5.03. The van der Waals surface area contributed by atoms with E-state index >= 15 is 0 Å². The molecule has 206 valence electrons. The van der Waals surface area contributed by atoms with Gasteiger partial charge in [0.1, 0.15) is 18.6 Å². The minimum atomic E-state index is -1.25. The van der Waals surface area contributed by atoms with E-state index in [1.165, 1.54) is 0 Å². The number of unbranched alkanes of at least 4 members (excludes halogenated alkanes) is 1. The zero-order chi connectivity index (χ0) is 27.7. The number of hydrogen-bond acceptors (Lipinski definition) is 8. The topological polar surface area (TPSA) is 270 Å². The number of carboxylic acids is 1. The molecule has 0 heterocycles. The van der Waals surface area contributed by atoms with Crippen LogP contribution in [-0.2, 0) is 24.0 Å². The first-order chi connectivity index (χ1) is 16.9. The summed E-state index contributed by atoms with van der Waals surface area (Å²) in [7, 11) is 0. The van der Waals surface area contributed by atoms with Gasteiger partial charge >= 0.3 is 5.97 Å². The number of nitrogens with zero attached hydrogens (tertiary/aromatic N) is 1. The average Bonchev–Trinajstić information content (AvgIpc) is 2.81. The van der Waals surface area contributed by atoms with Crippen LogP contribution >= 0.6 is 0 Å². The maximum absolute atomic E-state index is 12.7. The Balaban J connectivity index is 5.08. The molecule has 3 unspecified atom stereocenters. The highest BCUT2D eigenvalue weighted by Gasteiger charge is 2.26. The van der Waals surface area contributed by atoms with E-state index in [2.05, 4.69) is 26.3 Å². The molecule has 0 aromatic heterocycles. The molecule has 36 heavy (non-hydrogen) atoms. The molecule has 3 atom stereocenters. The molecule has 0 aromatic carbocycles. The summed E-state index contributed by atoms with van der Waals surface area (Å²) < 4.78 is 0. The number of aliphatic imine (C=N–C) groups is 1. The zero-order valence-electron chi connectivity index (χ0n) is 20.9. The number of amides is 4. The summed E-state index contributed by atoms with van der Waals surface area (Å²) >= 11 is 0. The average molecular weight is 516 g/mol. The van der Waals surface area contributed by atoms with Crippen molar-refractivity contribution in [3.05, 3.63) is 0 Å². The number of aliphatic carboxylic acids is 1. The van der Waals surface area contributed by atoms with Gasteiger partial charge < -0.3 is 49.3 Å². The van der Waals surface area contributed by atoms with E-state index in [9.17, 15) is 24.0 Å². The monoisotopic (exact) mass is 515 g/mol. The fraction of sp³-hybridized carbons (Fsp3) is 0.714. The molecular formula is C21H41N9O6. The van der Waals surface area contributed by atoms with E-state index in [4.69, 9.17) is 28.0 Å². The van der Waals surface area contributed by atoms with Crippen LogP contribution in [0.2, 0.25) is 0 Å². The highest BCUT2D eigenvalue weighted by atomic mass is 16.4. The van der Waals surface area contributed by atoms with Crippen molar-refractivity contribution >= 4 is 35.6 Å². The van der Waals surface area contributed by atoms with E-state index in [0.29, 0.717) is 32.2 Å². The zero-order valence-corrected chi connectivity index (χ0v) is 20.9. The lowest BCUT2D eigenvalue weighted by Crippen LogP contribution is -2.55. The van der Waals surface area contributed by atoms with E-state index in [1.54, 1.807) is 13.8 Å². The lowest BCUT2D eigenvalue weighted by atomic mass is 10.0.